The molecule has 1 saturated heterocycles. The SMILES string of the molecule is CC(C)(C)NC(=O)NC(=O)CN1CCCC(C(=O)NCCN)C1.Cl. The average molecular weight is 364 g/mol. The molecule has 0 bridgehead atoms. The fourth-order valence-corrected chi connectivity index (χ4v) is 2.49. The van der Waals surface area contributed by atoms with Crippen LogP contribution in [0.1, 0.15) is 33.6 Å². The molecule has 0 aliphatic carbocycles. The maximum absolute atomic E-state index is 12.0. The quantitative estimate of drug-likeness (QED) is 0.540. The topological polar surface area (TPSA) is 117 Å². The van der Waals surface area contributed by atoms with Crippen LogP contribution in [0, 0.1) is 5.92 Å². The van der Waals surface area contributed by atoms with Crippen LogP contribution in [-0.2, 0) is 9.59 Å². The first kappa shape index (κ1) is 22.6. The summed E-state index contributed by atoms with van der Waals surface area (Å²) in [5.41, 5.74) is 4.97. The van der Waals surface area contributed by atoms with E-state index in [1.54, 1.807) is 0 Å². The highest BCUT2D eigenvalue weighted by Gasteiger charge is 2.27. The number of nitrogens with two attached hydrogens (primary N) is 1. The molecule has 8 nitrogen and oxygen atoms in total. The molecule has 0 radical (unpaired) electrons. The van der Waals surface area contributed by atoms with Gasteiger partial charge in [-0.1, -0.05) is 0 Å². The highest BCUT2D eigenvalue weighted by atomic mass is 35.5. The number of amides is 4. The fourth-order valence-electron chi connectivity index (χ4n) is 2.49. The Morgan fingerprint density at radius 2 is 1.92 bits per heavy atom. The number of carbonyl (C=O) groups excluding carboxylic acids is 3. The van der Waals surface area contributed by atoms with Gasteiger partial charge in [0.15, 0.2) is 0 Å². The normalized spacial score (nSPS) is 18.2. The second-order valence-electron chi connectivity index (χ2n) is 6.91. The molecule has 5 N–H and O–H groups in total. The van der Waals surface area contributed by atoms with Gasteiger partial charge in [-0.2, -0.15) is 0 Å². The zero-order valence-electron chi connectivity index (χ0n) is 14.7. The van der Waals surface area contributed by atoms with Gasteiger partial charge < -0.3 is 16.4 Å². The van der Waals surface area contributed by atoms with E-state index >= 15 is 0 Å². The highest BCUT2D eigenvalue weighted by molar-refractivity contribution is 5.95. The van der Waals surface area contributed by atoms with Crippen molar-refractivity contribution < 1.29 is 14.4 Å². The third-order valence-electron chi connectivity index (χ3n) is 3.43. The Kier molecular flexibility index (Phi) is 9.88. The van der Waals surface area contributed by atoms with Gasteiger partial charge in [0.05, 0.1) is 12.5 Å². The number of nitrogens with zero attached hydrogens (tertiary/aromatic N) is 1. The Morgan fingerprint density at radius 3 is 2.50 bits per heavy atom. The molecule has 1 fully saturated rings. The molecule has 9 heteroatoms. The molecule has 1 aliphatic heterocycles. The minimum absolute atomic E-state index is 0. The second-order valence-corrected chi connectivity index (χ2v) is 6.91. The van der Waals surface area contributed by atoms with E-state index in [0.29, 0.717) is 19.6 Å². The maximum Gasteiger partial charge on any atom is 0.321 e. The molecule has 140 valence electrons. The molecule has 0 saturated carbocycles. The van der Waals surface area contributed by atoms with Crippen LogP contribution in [-0.4, -0.2) is 61.0 Å². The summed E-state index contributed by atoms with van der Waals surface area (Å²) in [5, 5.41) is 7.77. The molecule has 1 unspecified atom stereocenters. The Balaban J connectivity index is 0.00000529. The number of urea groups is 1. The van der Waals surface area contributed by atoms with Gasteiger partial charge in [-0.05, 0) is 40.2 Å². The molecule has 1 aliphatic rings. The molecule has 1 heterocycles. The predicted octanol–water partition coefficient (Wildman–Crippen LogP) is -0.181. The molecule has 24 heavy (non-hydrogen) atoms. The summed E-state index contributed by atoms with van der Waals surface area (Å²) in [7, 11) is 0. The van der Waals surface area contributed by atoms with Crippen LogP contribution < -0.4 is 21.7 Å². The highest BCUT2D eigenvalue weighted by Crippen LogP contribution is 2.16. The van der Waals surface area contributed by atoms with E-state index < -0.39 is 11.6 Å². The number of carbonyl (C=O) groups is 3. The fraction of sp³-hybridized carbons (Fsp3) is 0.800. The van der Waals surface area contributed by atoms with E-state index in [4.69, 9.17) is 5.73 Å². The van der Waals surface area contributed by atoms with Crippen LogP contribution in [0.5, 0.6) is 0 Å². The summed E-state index contributed by atoms with van der Waals surface area (Å²) in [6.07, 6.45) is 1.65. The van der Waals surface area contributed by atoms with Gasteiger partial charge in [-0.15, -0.1) is 12.4 Å². The number of halogens is 1. The molecular formula is C15H30ClN5O3. The molecule has 1 rings (SSSR count). The Hall–Kier alpha value is -1.38. The summed E-state index contributed by atoms with van der Waals surface area (Å²) >= 11 is 0. The predicted molar refractivity (Wildman–Crippen MR) is 94.9 cm³/mol. The standard InChI is InChI=1S/C15H29N5O3.ClH/c1-15(2,3)19-14(23)18-12(21)10-20-8-4-5-11(9-20)13(22)17-7-6-16;/h11H,4-10,16H2,1-3H3,(H,17,22)(H2,18,19,21,23);1H. The number of imide groups is 1. The van der Waals surface area contributed by atoms with Crippen LogP contribution >= 0.6 is 12.4 Å². The van der Waals surface area contributed by atoms with Gasteiger partial charge in [0.1, 0.15) is 0 Å². The first-order valence-corrected chi connectivity index (χ1v) is 8.03. The van der Waals surface area contributed by atoms with Crippen molar-refractivity contribution in [2.75, 3.05) is 32.7 Å². The Labute approximate surface area is 149 Å². The van der Waals surface area contributed by atoms with Crippen molar-refractivity contribution in [1.82, 2.24) is 20.9 Å². The third kappa shape index (κ3) is 9.05. The molecular weight excluding hydrogens is 334 g/mol. The lowest BCUT2D eigenvalue weighted by molar-refractivity contribution is -0.128. The van der Waals surface area contributed by atoms with Crippen molar-refractivity contribution in [3.8, 4) is 0 Å². The van der Waals surface area contributed by atoms with Crippen LogP contribution in [0.4, 0.5) is 4.79 Å². The summed E-state index contributed by atoms with van der Waals surface area (Å²) < 4.78 is 0. The molecule has 0 aromatic rings. The van der Waals surface area contributed by atoms with Crippen molar-refractivity contribution in [3.63, 3.8) is 0 Å². The van der Waals surface area contributed by atoms with Crippen LogP contribution in [0.15, 0.2) is 0 Å². The number of hydrogen-bond donors (Lipinski definition) is 4. The Morgan fingerprint density at radius 1 is 1.25 bits per heavy atom. The summed E-state index contributed by atoms with van der Waals surface area (Å²) in [6.45, 7) is 7.76. The van der Waals surface area contributed by atoms with Gasteiger partial charge in [-0.3, -0.25) is 19.8 Å². The van der Waals surface area contributed by atoms with E-state index in [0.717, 1.165) is 19.4 Å². The molecule has 0 spiro atoms. The summed E-state index contributed by atoms with van der Waals surface area (Å²) in [6, 6.07) is -0.503. The van der Waals surface area contributed by atoms with E-state index in [1.807, 2.05) is 25.7 Å². The van der Waals surface area contributed by atoms with Crippen LogP contribution in [0.2, 0.25) is 0 Å². The van der Waals surface area contributed by atoms with E-state index in [9.17, 15) is 14.4 Å². The van der Waals surface area contributed by atoms with Crippen molar-refractivity contribution in [2.45, 2.75) is 39.2 Å². The van der Waals surface area contributed by atoms with Crippen molar-refractivity contribution >= 4 is 30.3 Å². The monoisotopic (exact) mass is 363 g/mol. The number of piperidine rings is 1. The minimum Gasteiger partial charge on any atom is -0.355 e. The lowest BCUT2D eigenvalue weighted by Crippen LogP contribution is -2.52. The first-order valence-electron chi connectivity index (χ1n) is 8.03. The molecule has 1 atom stereocenters. The van der Waals surface area contributed by atoms with Crippen LogP contribution in [0.25, 0.3) is 0 Å². The van der Waals surface area contributed by atoms with Gasteiger partial charge in [-0.25, -0.2) is 4.79 Å². The lowest BCUT2D eigenvalue weighted by Gasteiger charge is -2.31. The summed E-state index contributed by atoms with van der Waals surface area (Å²) in [5.74, 6) is -0.521. The zero-order chi connectivity index (χ0) is 17.5. The van der Waals surface area contributed by atoms with Gasteiger partial charge in [0.2, 0.25) is 11.8 Å². The number of rotatable bonds is 5. The second kappa shape index (κ2) is 10.5. The number of nitrogens with one attached hydrogen (secondary N) is 3. The third-order valence-corrected chi connectivity index (χ3v) is 3.43. The lowest BCUT2D eigenvalue weighted by atomic mass is 9.97. The van der Waals surface area contributed by atoms with Gasteiger partial charge >= 0.3 is 6.03 Å². The summed E-state index contributed by atoms with van der Waals surface area (Å²) in [4.78, 5) is 37.5. The largest absolute Gasteiger partial charge is 0.355 e. The van der Waals surface area contributed by atoms with Crippen molar-refractivity contribution in [1.29, 1.82) is 0 Å². The van der Waals surface area contributed by atoms with Crippen molar-refractivity contribution in [2.24, 2.45) is 11.7 Å². The zero-order valence-corrected chi connectivity index (χ0v) is 15.5. The maximum atomic E-state index is 12.0. The number of likely N-dealkylation sites (tertiary alicyclic amines) is 1. The minimum atomic E-state index is -0.503. The van der Waals surface area contributed by atoms with E-state index in [1.165, 1.54) is 0 Å². The smallest absolute Gasteiger partial charge is 0.321 e. The molecule has 4 amide bonds. The van der Waals surface area contributed by atoms with Gasteiger partial charge in [0.25, 0.3) is 0 Å². The average Bonchev–Trinajstić information content (AvgIpc) is 2.42. The van der Waals surface area contributed by atoms with Gasteiger partial charge in [0, 0.05) is 25.2 Å². The molecule has 0 aromatic heterocycles. The van der Waals surface area contributed by atoms with E-state index in [2.05, 4.69) is 16.0 Å². The van der Waals surface area contributed by atoms with E-state index in [-0.39, 0.29) is 36.7 Å². The van der Waals surface area contributed by atoms with Crippen LogP contribution in [0.3, 0.4) is 0 Å². The molecule has 0 aromatic carbocycles. The first-order chi connectivity index (χ1) is 10.7. The van der Waals surface area contributed by atoms with Crippen molar-refractivity contribution in [3.05, 3.63) is 0 Å². The number of hydrogen-bond acceptors (Lipinski definition) is 5. The Bertz CT molecular complexity index is 439.